The monoisotopic (exact) mass is 385 g/mol. The van der Waals surface area contributed by atoms with Gasteiger partial charge in [0.1, 0.15) is 0 Å². The number of ketones is 1. The van der Waals surface area contributed by atoms with Crippen molar-refractivity contribution in [3.8, 4) is 0 Å². The van der Waals surface area contributed by atoms with Gasteiger partial charge in [-0.3, -0.25) is 19.5 Å². The number of nitrogens with one attached hydrogen (secondary N) is 1. The summed E-state index contributed by atoms with van der Waals surface area (Å²) in [5, 5.41) is 3.69. The Morgan fingerprint density at radius 1 is 1.15 bits per heavy atom. The molecule has 1 fully saturated rings. The lowest BCUT2D eigenvalue weighted by Crippen LogP contribution is -2.36. The fourth-order valence-electron chi connectivity index (χ4n) is 3.42. The Hall–Kier alpha value is -2.24. The van der Waals surface area contributed by atoms with Crippen LogP contribution in [-0.2, 0) is 4.79 Å². The van der Waals surface area contributed by atoms with Gasteiger partial charge in [-0.2, -0.15) is 0 Å². The molecule has 6 heteroatoms. The van der Waals surface area contributed by atoms with Crippen molar-refractivity contribution in [2.24, 2.45) is 0 Å². The van der Waals surface area contributed by atoms with E-state index in [1.807, 2.05) is 24.3 Å². The summed E-state index contributed by atoms with van der Waals surface area (Å²) in [5.74, 6) is -0.178. The number of nitrogens with zero attached hydrogens (tertiary/aromatic N) is 2. The predicted octanol–water partition coefficient (Wildman–Crippen LogP) is 3.65. The fraction of sp³-hybridized carbons (Fsp3) is 0.381. The molecule has 3 rings (SSSR count). The average molecular weight is 386 g/mol. The van der Waals surface area contributed by atoms with Crippen LogP contribution >= 0.6 is 11.6 Å². The maximum absolute atomic E-state index is 12.3. The summed E-state index contributed by atoms with van der Waals surface area (Å²) in [4.78, 5) is 30.7. The van der Waals surface area contributed by atoms with Gasteiger partial charge in [-0.25, -0.2) is 0 Å². The van der Waals surface area contributed by atoms with E-state index in [1.54, 1.807) is 18.3 Å². The van der Waals surface area contributed by atoms with Crippen molar-refractivity contribution < 1.29 is 9.59 Å². The number of hydrogen-bond donors (Lipinski definition) is 1. The molecule has 1 aliphatic heterocycles. The molecule has 142 valence electrons. The number of rotatable bonds is 8. The number of halogens is 1. The highest BCUT2D eigenvalue weighted by molar-refractivity contribution is 6.30. The van der Waals surface area contributed by atoms with Gasteiger partial charge in [0.15, 0.2) is 5.78 Å². The lowest BCUT2D eigenvalue weighted by Gasteiger charge is -2.28. The third-order valence-corrected chi connectivity index (χ3v) is 5.11. The first-order valence-corrected chi connectivity index (χ1v) is 9.71. The first kappa shape index (κ1) is 19.5. The molecule has 0 spiro atoms. The molecule has 2 aromatic rings. The minimum atomic E-state index is -0.113. The molecule has 1 saturated heterocycles. The van der Waals surface area contributed by atoms with Gasteiger partial charge in [0.2, 0.25) is 5.91 Å². The van der Waals surface area contributed by atoms with E-state index >= 15 is 0 Å². The van der Waals surface area contributed by atoms with Gasteiger partial charge in [0, 0.05) is 42.4 Å². The fourth-order valence-corrected chi connectivity index (χ4v) is 3.62. The molecule has 0 radical (unpaired) electrons. The van der Waals surface area contributed by atoms with E-state index in [0.717, 1.165) is 18.7 Å². The van der Waals surface area contributed by atoms with Crippen molar-refractivity contribution in [2.75, 3.05) is 19.6 Å². The topological polar surface area (TPSA) is 62.3 Å². The number of carbonyl (C=O) groups is 2. The Morgan fingerprint density at radius 3 is 2.67 bits per heavy atom. The summed E-state index contributed by atoms with van der Waals surface area (Å²) in [5.41, 5.74) is 1.65. The Balaban J connectivity index is 1.55. The maximum atomic E-state index is 12.3. The summed E-state index contributed by atoms with van der Waals surface area (Å²) >= 11 is 6.15. The molecule has 0 bridgehead atoms. The number of hydrogen-bond acceptors (Lipinski definition) is 4. The van der Waals surface area contributed by atoms with Crippen LogP contribution in [0.15, 0.2) is 48.8 Å². The van der Waals surface area contributed by atoms with E-state index in [2.05, 4.69) is 15.2 Å². The molecule has 2 heterocycles. The quantitative estimate of drug-likeness (QED) is 0.704. The van der Waals surface area contributed by atoms with Crippen molar-refractivity contribution >= 4 is 23.3 Å². The van der Waals surface area contributed by atoms with Crippen molar-refractivity contribution in [1.82, 2.24) is 15.2 Å². The number of likely N-dealkylation sites (tertiary alicyclic amines) is 1. The summed E-state index contributed by atoms with van der Waals surface area (Å²) in [6.07, 6.45) is 5.86. The molecule has 0 aliphatic carbocycles. The smallest absolute Gasteiger partial charge is 0.220 e. The molecule has 0 saturated carbocycles. The zero-order chi connectivity index (χ0) is 19.1. The normalized spacial score (nSPS) is 15.4. The van der Waals surface area contributed by atoms with E-state index in [9.17, 15) is 9.59 Å². The Bertz CT molecular complexity index is 776. The highest BCUT2D eigenvalue weighted by Gasteiger charge is 2.24. The standard InChI is InChI=1S/C21H24ClN3O2/c22-18-7-3-5-16(13-18)19(25-11-1-2-12-25)15-24-21(27)9-8-20(26)17-6-4-10-23-14-17/h3-7,10,13-14,19H,1-2,8-9,11-12,15H2,(H,24,27). The second-order valence-corrected chi connectivity index (χ2v) is 7.22. The highest BCUT2D eigenvalue weighted by Crippen LogP contribution is 2.26. The van der Waals surface area contributed by atoms with Crippen molar-refractivity contribution in [3.63, 3.8) is 0 Å². The van der Waals surface area contributed by atoms with Crippen LogP contribution in [-0.4, -0.2) is 41.2 Å². The Labute approximate surface area is 164 Å². The number of aromatic nitrogens is 1. The van der Waals surface area contributed by atoms with Crippen molar-refractivity contribution in [3.05, 3.63) is 64.9 Å². The minimum absolute atomic E-state index is 0.0656. The molecular formula is C21H24ClN3O2. The van der Waals surface area contributed by atoms with E-state index in [1.165, 1.54) is 19.0 Å². The largest absolute Gasteiger partial charge is 0.354 e. The van der Waals surface area contributed by atoms with Gasteiger partial charge in [0.25, 0.3) is 0 Å². The molecule has 27 heavy (non-hydrogen) atoms. The highest BCUT2D eigenvalue weighted by atomic mass is 35.5. The molecule has 1 aromatic carbocycles. The summed E-state index contributed by atoms with van der Waals surface area (Å²) in [7, 11) is 0. The summed E-state index contributed by atoms with van der Waals surface area (Å²) in [6, 6.07) is 11.3. The van der Waals surface area contributed by atoms with Gasteiger partial charge < -0.3 is 5.32 Å². The number of benzene rings is 1. The van der Waals surface area contributed by atoms with Crippen LogP contribution in [0.25, 0.3) is 0 Å². The van der Waals surface area contributed by atoms with Gasteiger partial charge in [-0.05, 0) is 55.8 Å². The zero-order valence-electron chi connectivity index (χ0n) is 15.2. The number of pyridine rings is 1. The predicted molar refractivity (Wildman–Crippen MR) is 106 cm³/mol. The van der Waals surface area contributed by atoms with Crippen molar-refractivity contribution in [1.29, 1.82) is 0 Å². The SMILES string of the molecule is O=C(CCC(=O)c1cccnc1)NCC(c1cccc(Cl)c1)N1CCCC1. The third kappa shape index (κ3) is 5.62. The van der Waals surface area contributed by atoms with E-state index < -0.39 is 0 Å². The first-order valence-electron chi connectivity index (χ1n) is 9.33. The average Bonchev–Trinajstić information content (AvgIpc) is 3.21. The van der Waals surface area contributed by atoms with Crippen LogP contribution in [0.2, 0.25) is 5.02 Å². The minimum Gasteiger partial charge on any atom is -0.354 e. The number of carbonyl (C=O) groups excluding carboxylic acids is 2. The van der Waals surface area contributed by atoms with E-state index in [0.29, 0.717) is 17.1 Å². The molecule has 1 aliphatic rings. The Kier molecular flexibility index (Phi) is 6.96. The summed E-state index contributed by atoms with van der Waals surface area (Å²) in [6.45, 7) is 2.55. The van der Waals surface area contributed by atoms with Gasteiger partial charge >= 0.3 is 0 Å². The summed E-state index contributed by atoms with van der Waals surface area (Å²) < 4.78 is 0. The van der Waals surface area contributed by atoms with Crippen LogP contribution in [0.3, 0.4) is 0 Å². The van der Waals surface area contributed by atoms with Crippen LogP contribution in [0.1, 0.15) is 47.6 Å². The van der Waals surface area contributed by atoms with E-state index in [-0.39, 0.29) is 30.6 Å². The lowest BCUT2D eigenvalue weighted by atomic mass is 10.0. The molecule has 1 amide bonds. The van der Waals surface area contributed by atoms with Gasteiger partial charge in [0.05, 0.1) is 6.04 Å². The van der Waals surface area contributed by atoms with Crippen LogP contribution < -0.4 is 5.32 Å². The van der Waals surface area contributed by atoms with Crippen LogP contribution in [0.5, 0.6) is 0 Å². The first-order chi connectivity index (χ1) is 13.1. The van der Waals surface area contributed by atoms with Gasteiger partial charge in [-0.1, -0.05) is 23.7 Å². The third-order valence-electron chi connectivity index (χ3n) is 4.87. The molecule has 1 unspecified atom stereocenters. The van der Waals surface area contributed by atoms with E-state index in [4.69, 9.17) is 11.6 Å². The molecule has 1 N–H and O–H groups in total. The molecule has 1 aromatic heterocycles. The Morgan fingerprint density at radius 2 is 1.96 bits per heavy atom. The zero-order valence-corrected chi connectivity index (χ0v) is 16.0. The second kappa shape index (κ2) is 9.62. The lowest BCUT2D eigenvalue weighted by molar-refractivity contribution is -0.121. The van der Waals surface area contributed by atoms with Crippen LogP contribution in [0, 0.1) is 0 Å². The second-order valence-electron chi connectivity index (χ2n) is 6.78. The maximum Gasteiger partial charge on any atom is 0.220 e. The molecule has 1 atom stereocenters. The molecule has 5 nitrogen and oxygen atoms in total. The molecular weight excluding hydrogens is 362 g/mol. The van der Waals surface area contributed by atoms with Gasteiger partial charge in [-0.15, -0.1) is 0 Å². The number of Topliss-reactive ketones (excluding diaryl/α,β-unsaturated/α-hetero) is 1. The van der Waals surface area contributed by atoms with Crippen LogP contribution in [0.4, 0.5) is 0 Å². The number of amides is 1. The van der Waals surface area contributed by atoms with Crippen molar-refractivity contribution in [2.45, 2.75) is 31.7 Å².